The molecular weight excluding hydrogens is 389 g/mol. The van der Waals surface area contributed by atoms with Crippen molar-refractivity contribution in [1.82, 2.24) is 0 Å². The highest BCUT2D eigenvalue weighted by atomic mass is 127. The molecule has 5 heteroatoms. The number of guanidine groups is 1. The maximum absolute atomic E-state index is 5.94. The molecule has 2 aromatic carbocycles. The van der Waals surface area contributed by atoms with E-state index in [2.05, 4.69) is 29.4 Å². The highest BCUT2D eigenvalue weighted by Crippen LogP contribution is 2.22. The minimum Gasteiger partial charge on any atom is -0.495 e. The fourth-order valence-electron chi connectivity index (χ4n) is 2.05. The first-order valence-corrected chi connectivity index (χ1v) is 6.95. The summed E-state index contributed by atoms with van der Waals surface area (Å²) < 4.78 is 5.27. The molecule has 0 aliphatic rings. The lowest BCUT2D eigenvalue weighted by Crippen LogP contribution is -2.23. The smallest absolute Gasteiger partial charge is 0.193 e. The van der Waals surface area contributed by atoms with Crippen LogP contribution < -0.4 is 15.8 Å². The Bertz CT molecular complexity index is 602. The third-order valence-electron chi connectivity index (χ3n) is 3.27. The van der Waals surface area contributed by atoms with Crippen LogP contribution in [0, 0.1) is 0 Å². The predicted octanol–water partition coefficient (Wildman–Crippen LogP) is 3.84. The molecule has 0 heterocycles. The zero-order valence-electron chi connectivity index (χ0n) is 12.8. The van der Waals surface area contributed by atoms with E-state index in [4.69, 9.17) is 10.5 Å². The van der Waals surface area contributed by atoms with Crippen LogP contribution in [-0.4, -0.2) is 19.6 Å². The van der Waals surface area contributed by atoms with Crippen LogP contribution in [0.2, 0.25) is 0 Å². The van der Waals surface area contributed by atoms with E-state index in [1.54, 1.807) is 7.11 Å². The van der Waals surface area contributed by atoms with E-state index in [0.717, 1.165) is 11.4 Å². The van der Waals surface area contributed by atoms with Gasteiger partial charge in [0.05, 0.1) is 12.8 Å². The third kappa shape index (κ3) is 5.22. The minimum absolute atomic E-state index is 0. The Hall–Kier alpha value is -1.76. The van der Waals surface area contributed by atoms with Crippen molar-refractivity contribution in [2.45, 2.75) is 12.8 Å². The number of benzene rings is 2. The van der Waals surface area contributed by atoms with Gasteiger partial charge in [-0.25, -0.2) is 0 Å². The van der Waals surface area contributed by atoms with E-state index in [1.807, 2.05) is 42.5 Å². The van der Waals surface area contributed by atoms with Crippen LogP contribution in [0.4, 0.5) is 5.69 Å². The number of para-hydroxylation sites is 2. The summed E-state index contributed by atoms with van der Waals surface area (Å²) in [7, 11) is 1.63. The molecule has 0 saturated heterocycles. The second-order valence-corrected chi connectivity index (χ2v) is 4.86. The van der Waals surface area contributed by atoms with Crippen molar-refractivity contribution in [2.75, 3.05) is 19.0 Å². The van der Waals surface area contributed by atoms with Gasteiger partial charge in [0.25, 0.3) is 0 Å². The van der Waals surface area contributed by atoms with Crippen LogP contribution >= 0.6 is 24.0 Å². The second kappa shape index (κ2) is 9.30. The molecular formula is C17H22IN3O. The van der Waals surface area contributed by atoms with Gasteiger partial charge in [-0.2, -0.15) is 0 Å². The molecule has 0 aromatic heterocycles. The maximum Gasteiger partial charge on any atom is 0.193 e. The van der Waals surface area contributed by atoms with Crippen LogP contribution in [-0.2, 0) is 0 Å². The van der Waals surface area contributed by atoms with Gasteiger partial charge in [-0.3, -0.25) is 4.99 Å². The molecule has 0 bridgehead atoms. The average Bonchev–Trinajstić information content (AvgIpc) is 2.54. The Labute approximate surface area is 148 Å². The Kier molecular flexibility index (Phi) is 7.73. The molecule has 0 fully saturated rings. The number of halogens is 1. The lowest BCUT2D eigenvalue weighted by molar-refractivity contribution is 0.417. The molecule has 0 aliphatic carbocycles. The van der Waals surface area contributed by atoms with Crippen molar-refractivity contribution >= 4 is 35.6 Å². The van der Waals surface area contributed by atoms with Crippen LogP contribution in [0.15, 0.2) is 59.6 Å². The van der Waals surface area contributed by atoms with Crippen molar-refractivity contribution in [2.24, 2.45) is 10.7 Å². The summed E-state index contributed by atoms with van der Waals surface area (Å²) in [5.74, 6) is 1.46. The van der Waals surface area contributed by atoms with Gasteiger partial charge < -0.3 is 15.8 Å². The largest absolute Gasteiger partial charge is 0.495 e. The molecule has 2 rings (SSSR count). The second-order valence-electron chi connectivity index (χ2n) is 4.86. The van der Waals surface area contributed by atoms with Gasteiger partial charge >= 0.3 is 0 Å². The maximum atomic E-state index is 5.94. The summed E-state index contributed by atoms with van der Waals surface area (Å²) >= 11 is 0. The summed E-state index contributed by atoms with van der Waals surface area (Å²) in [5.41, 5.74) is 8.01. The number of nitrogens with one attached hydrogen (secondary N) is 1. The van der Waals surface area contributed by atoms with Crippen molar-refractivity contribution in [1.29, 1.82) is 0 Å². The van der Waals surface area contributed by atoms with Crippen molar-refractivity contribution in [3.63, 3.8) is 0 Å². The Balaban J connectivity index is 0.00000242. The lowest BCUT2D eigenvalue weighted by atomic mass is 10.0. The number of ether oxygens (including phenoxy) is 1. The number of aliphatic imine (C=N–C) groups is 1. The number of hydrogen-bond donors (Lipinski definition) is 2. The molecule has 3 N–H and O–H groups in total. The third-order valence-corrected chi connectivity index (χ3v) is 3.27. The first-order valence-electron chi connectivity index (χ1n) is 6.95. The van der Waals surface area contributed by atoms with E-state index >= 15 is 0 Å². The normalized spacial score (nSPS) is 12.2. The van der Waals surface area contributed by atoms with Crippen molar-refractivity contribution in [3.8, 4) is 5.75 Å². The number of rotatable bonds is 5. The Morgan fingerprint density at radius 2 is 1.77 bits per heavy atom. The molecule has 0 spiro atoms. The number of methoxy groups -OCH3 is 1. The lowest BCUT2D eigenvalue weighted by Gasteiger charge is -2.12. The highest BCUT2D eigenvalue weighted by Gasteiger charge is 2.05. The molecule has 0 aliphatic heterocycles. The van der Waals surface area contributed by atoms with Crippen LogP contribution in [0.25, 0.3) is 0 Å². The topological polar surface area (TPSA) is 59.6 Å². The number of hydrogen-bond acceptors (Lipinski definition) is 2. The number of anilines is 1. The van der Waals surface area contributed by atoms with Gasteiger partial charge in [-0.15, -0.1) is 24.0 Å². The quantitative estimate of drug-likeness (QED) is 0.447. The highest BCUT2D eigenvalue weighted by molar-refractivity contribution is 14.0. The fraction of sp³-hybridized carbons (Fsp3) is 0.235. The molecule has 0 amide bonds. The summed E-state index contributed by atoms with van der Waals surface area (Å²) in [4.78, 5) is 4.40. The Morgan fingerprint density at radius 3 is 2.45 bits per heavy atom. The standard InChI is InChI=1S/C17H21N3O.HI/c1-13(14-8-4-3-5-9-14)12-19-17(18)20-15-10-6-7-11-16(15)21-2;/h3-11,13H,12H2,1-2H3,(H3,18,19,20);1H. The number of nitrogens with two attached hydrogens (primary N) is 1. The summed E-state index contributed by atoms with van der Waals surface area (Å²) in [6.45, 7) is 2.77. The molecule has 0 radical (unpaired) electrons. The van der Waals surface area contributed by atoms with Crippen molar-refractivity contribution < 1.29 is 4.74 Å². The SMILES string of the molecule is COc1ccccc1NC(N)=NCC(C)c1ccccc1.I. The number of nitrogens with zero attached hydrogens (tertiary/aromatic N) is 1. The monoisotopic (exact) mass is 411 g/mol. The van der Waals surface area contributed by atoms with Gasteiger partial charge in [0.1, 0.15) is 5.75 Å². The fourth-order valence-corrected chi connectivity index (χ4v) is 2.05. The van der Waals surface area contributed by atoms with Gasteiger partial charge in [0, 0.05) is 12.5 Å². The van der Waals surface area contributed by atoms with Gasteiger partial charge in [-0.05, 0) is 17.7 Å². The van der Waals surface area contributed by atoms with Gasteiger partial charge in [0.15, 0.2) is 5.96 Å². The Morgan fingerprint density at radius 1 is 1.14 bits per heavy atom. The van der Waals surface area contributed by atoms with E-state index in [1.165, 1.54) is 5.56 Å². The summed E-state index contributed by atoms with van der Waals surface area (Å²) in [6.07, 6.45) is 0. The van der Waals surface area contributed by atoms with Crippen LogP contribution in [0.5, 0.6) is 5.75 Å². The molecule has 118 valence electrons. The molecule has 1 atom stereocenters. The van der Waals surface area contributed by atoms with Gasteiger partial charge in [-0.1, -0.05) is 49.4 Å². The molecule has 0 saturated carbocycles. The molecule has 1 unspecified atom stereocenters. The first-order chi connectivity index (χ1) is 10.2. The molecule has 2 aromatic rings. The average molecular weight is 411 g/mol. The van der Waals surface area contributed by atoms with E-state index in [0.29, 0.717) is 18.4 Å². The summed E-state index contributed by atoms with van der Waals surface area (Å²) in [5, 5.41) is 3.07. The zero-order valence-corrected chi connectivity index (χ0v) is 15.2. The summed E-state index contributed by atoms with van der Waals surface area (Å²) in [6, 6.07) is 17.9. The van der Waals surface area contributed by atoms with Crippen LogP contribution in [0.3, 0.4) is 0 Å². The van der Waals surface area contributed by atoms with E-state index in [-0.39, 0.29) is 24.0 Å². The predicted molar refractivity (Wildman–Crippen MR) is 103 cm³/mol. The molecule has 22 heavy (non-hydrogen) atoms. The molecule has 4 nitrogen and oxygen atoms in total. The van der Waals surface area contributed by atoms with Crippen molar-refractivity contribution in [3.05, 3.63) is 60.2 Å². The van der Waals surface area contributed by atoms with Crippen LogP contribution in [0.1, 0.15) is 18.4 Å². The zero-order chi connectivity index (χ0) is 15.1. The van der Waals surface area contributed by atoms with E-state index < -0.39 is 0 Å². The first kappa shape index (κ1) is 18.3. The van der Waals surface area contributed by atoms with Gasteiger partial charge in [0.2, 0.25) is 0 Å². The van der Waals surface area contributed by atoms with E-state index in [9.17, 15) is 0 Å². The minimum atomic E-state index is 0.